The molecule has 23 heavy (non-hydrogen) atoms. The van der Waals surface area contributed by atoms with Gasteiger partial charge in [0.2, 0.25) is 5.13 Å². The van der Waals surface area contributed by atoms with Gasteiger partial charge in [-0.2, -0.15) is 0 Å². The fraction of sp³-hybridized carbons (Fsp3) is 0. The predicted octanol–water partition coefficient (Wildman–Crippen LogP) is 6.64. The molecule has 114 valence electrons. The van der Waals surface area contributed by atoms with Crippen LogP contribution in [0.3, 0.4) is 0 Å². The van der Waals surface area contributed by atoms with E-state index in [2.05, 4.69) is 25.9 Å². The van der Waals surface area contributed by atoms with Crippen LogP contribution in [0.25, 0.3) is 17.3 Å². The smallest absolute Gasteiger partial charge is 0.210 e. The van der Waals surface area contributed by atoms with Crippen LogP contribution >= 0.6 is 38.9 Å². The molecule has 0 fully saturated rings. The highest BCUT2D eigenvalue weighted by molar-refractivity contribution is 9.11. The summed E-state index contributed by atoms with van der Waals surface area (Å²) in [5.74, 6) is 0. The molecule has 5 heteroatoms. The zero-order valence-electron chi connectivity index (χ0n) is 12.0. The number of aromatic nitrogens is 1. The van der Waals surface area contributed by atoms with Crippen LogP contribution in [0.1, 0.15) is 5.56 Å². The zero-order valence-corrected chi connectivity index (χ0v) is 15.1. The average molecular weight is 404 g/mol. The third kappa shape index (κ3) is 4.38. The standard InChI is InChI=1S/C18H12BrClN2S/c19-17-16(14-8-10-15(20)11-9-14)22-18(23-17)21-12-4-7-13-5-2-1-3-6-13/h1-12H/b7-4+,21-12+. The van der Waals surface area contributed by atoms with E-state index >= 15 is 0 Å². The van der Waals surface area contributed by atoms with Crippen molar-refractivity contribution in [3.8, 4) is 11.3 Å². The van der Waals surface area contributed by atoms with E-state index in [4.69, 9.17) is 11.6 Å². The molecule has 0 aliphatic carbocycles. The second kappa shape index (κ2) is 7.68. The number of hydrogen-bond donors (Lipinski definition) is 0. The van der Waals surface area contributed by atoms with Crippen molar-refractivity contribution in [1.29, 1.82) is 0 Å². The van der Waals surface area contributed by atoms with Gasteiger partial charge in [-0.1, -0.05) is 71.5 Å². The summed E-state index contributed by atoms with van der Waals surface area (Å²) < 4.78 is 0.957. The Morgan fingerprint density at radius 1 is 1.04 bits per heavy atom. The van der Waals surface area contributed by atoms with Crippen molar-refractivity contribution in [2.24, 2.45) is 4.99 Å². The van der Waals surface area contributed by atoms with E-state index in [-0.39, 0.29) is 0 Å². The van der Waals surface area contributed by atoms with Gasteiger partial charge in [-0.25, -0.2) is 9.98 Å². The molecule has 2 nitrogen and oxygen atoms in total. The molecule has 2 aromatic carbocycles. The summed E-state index contributed by atoms with van der Waals surface area (Å²) >= 11 is 11.0. The first kappa shape index (κ1) is 16.1. The molecule has 0 aliphatic rings. The lowest BCUT2D eigenvalue weighted by molar-refractivity contribution is 1.35. The van der Waals surface area contributed by atoms with Crippen molar-refractivity contribution in [2.75, 3.05) is 0 Å². The van der Waals surface area contributed by atoms with Crippen LogP contribution < -0.4 is 0 Å². The molecule has 0 amide bonds. The Morgan fingerprint density at radius 3 is 2.52 bits per heavy atom. The number of aliphatic imine (C=N–C) groups is 1. The maximum absolute atomic E-state index is 5.92. The van der Waals surface area contributed by atoms with Crippen molar-refractivity contribution >= 4 is 56.3 Å². The minimum atomic E-state index is 0.708. The fourth-order valence-electron chi connectivity index (χ4n) is 1.96. The van der Waals surface area contributed by atoms with E-state index in [0.29, 0.717) is 10.2 Å². The molecule has 3 aromatic rings. The summed E-state index contributed by atoms with van der Waals surface area (Å²) in [6.45, 7) is 0. The van der Waals surface area contributed by atoms with Crippen LogP contribution in [0, 0.1) is 0 Å². The molecule has 1 heterocycles. The Kier molecular flexibility index (Phi) is 5.39. The van der Waals surface area contributed by atoms with Crippen molar-refractivity contribution in [2.45, 2.75) is 0 Å². The van der Waals surface area contributed by atoms with E-state index in [1.807, 2.05) is 66.7 Å². The Labute approximate surface area is 152 Å². The van der Waals surface area contributed by atoms with Gasteiger partial charge in [0, 0.05) is 16.8 Å². The number of rotatable bonds is 4. The largest absolute Gasteiger partial charge is 0.228 e. The van der Waals surface area contributed by atoms with Crippen molar-refractivity contribution in [1.82, 2.24) is 4.98 Å². The summed E-state index contributed by atoms with van der Waals surface area (Å²) in [6, 6.07) is 17.7. The van der Waals surface area contributed by atoms with Gasteiger partial charge in [0.1, 0.15) is 0 Å². The number of allylic oxidation sites excluding steroid dienone is 1. The van der Waals surface area contributed by atoms with E-state index in [1.165, 1.54) is 11.3 Å². The van der Waals surface area contributed by atoms with Gasteiger partial charge < -0.3 is 0 Å². The summed E-state index contributed by atoms with van der Waals surface area (Å²) in [5.41, 5.74) is 3.03. The van der Waals surface area contributed by atoms with Crippen LogP contribution in [-0.4, -0.2) is 11.2 Å². The Hall–Kier alpha value is -1.75. The van der Waals surface area contributed by atoms with Gasteiger partial charge in [-0.15, -0.1) is 0 Å². The summed E-state index contributed by atoms with van der Waals surface area (Å²) in [5, 5.41) is 1.42. The van der Waals surface area contributed by atoms with Crippen molar-refractivity contribution in [3.05, 3.63) is 75.0 Å². The van der Waals surface area contributed by atoms with Crippen molar-refractivity contribution in [3.63, 3.8) is 0 Å². The minimum absolute atomic E-state index is 0.708. The second-order valence-electron chi connectivity index (χ2n) is 4.67. The van der Waals surface area contributed by atoms with Gasteiger partial charge in [0.05, 0.1) is 9.48 Å². The van der Waals surface area contributed by atoms with E-state index in [9.17, 15) is 0 Å². The highest BCUT2D eigenvalue weighted by Crippen LogP contribution is 2.36. The van der Waals surface area contributed by atoms with E-state index in [0.717, 1.165) is 20.6 Å². The highest BCUT2D eigenvalue weighted by Gasteiger charge is 2.10. The van der Waals surface area contributed by atoms with Gasteiger partial charge in [0.25, 0.3) is 0 Å². The number of hydrogen-bond acceptors (Lipinski definition) is 3. The zero-order chi connectivity index (χ0) is 16.1. The Morgan fingerprint density at radius 2 is 1.78 bits per heavy atom. The maximum atomic E-state index is 5.92. The summed E-state index contributed by atoms with van der Waals surface area (Å²) in [6.07, 6.45) is 5.67. The number of benzene rings is 2. The van der Waals surface area contributed by atoms with Crippen molar-refractivity contribution < 1.29 is 0 Å². The molecule has 1 aromatic heterocycles. The molecule has 0 N–H and O–H groups in total. The van der Waals surface area contributed by atoms with Crippen LogP contribution in [-0.2, 0) is 0 Å². The van der Waals surface area contributed by atoms with Crippen LogP contribution in [0.4, 0.5) is 5.13 Å². The minimum Gasteiger partial charge on any atom is -0.228 e. The van der Waals surface area contributed by atoms with E-state index in [1.54, 1.807) is 6.21 Å². The third-order valence-corrected chi connectivity index (χ3v) is 4.92. The lowest BCUT2D eigenvalue weighted by atomic mass is 10.2. The van der Waals surface area contributed by atoms with Crippen LogP contribution in [0.2, 0.25) is 5.02 Å². The Balaban J connectivity index is 1.74. The first-order chi connectivity index (χ1) is 11.2. The second-order valence-corrected chi connectivity index (χ2v) is 7.41. The van der Waals surface area contributed by atoms with Crippen LogP contribution in [0.15, 0.2) is 69.5 Å². The SMILES string of the molecule is Clc1ccc(-c2nc(/N=C/C=C/c3ccccc3)sc2Br)cc1. The average Bonchev–Trinajstić information content (AvgIpc) is 2.94. The summed E-state index contributed by atoms with van der Waals surface area (Å²) in [4.78, 5) is 8.94. The van der Waals surface area contributed by atoms with Gasteiger partial charge in [-0.3, -0.25) is 0 Å². The van der Waals surface area contributed by atoms with Gasteiger partial charge in [0.15, 0.2) is 0 Å². The molecule has 0 saturated heterocycles. The Bertz CT molecular complexity index is 839. The number of nitrogens with zero attached hydrogens (tertiary/aromatic N) is 2. The quantitative estimate of drug-likeness (QED) is 0.448. The first-order valence-electron chi connectivity index (χ1n) is 6.90. The van der Waals surface area contributed by atoms with Crippen LogP contribution in [0.5, 0.6) is 0 Å². The number of thiazole rings is 1. The molecule has 0 radical (unpaired) electrons. The highest BCUT2D eigenvalue weighted by atomic mass is 79.9. The van der Waals surface area contributed by atoms with Gasteiger partial charge >= 0.3 is 0 Å². The monoisotopic (exact) mass is 402 g/mol. The molecule has 0 bridgehead atoms. The lowest BCUT2D eigenvalue weighted by Crippen LogP contribution is -1.77. The number of halogens is 2. The first-order valence-corrected chi connectivity index (χ1v) is 8.89. The molecule has 0 aliphatic heterocycles. The summed E-state index contributed by atoms with van der Waals surface area (Å²) in [7, 11) is 0. The maximum Gasteiger partial charge on any atom is 0.210 e. The molecule has 3 rings (SSSR count). The van der Waals surface area contributed by atoms with E-state index < -0.39 is 0 Å². The predicted molar refractivity (Wildman–Crippen MR) is 104 cm³/mol. The lowest BCUT2D eigenvalue weighted by Gasteiger charge is -1.97. The molecule has 0 unspecified atom stereocenters. The molecule has 0 atom stereocenters. The molecular formula is C18H12BrClN2S. The fourth-order valence-corrected chi connectivity index (χ4v) is 3.51. The third-order valence-electron chi connectivity index (χ3n) is 3.05. The van der Waals surface area contributed by atoms with Gasteiger partial charge in [-0.05, 0) is 39.7 Å². The molecule has 0 spiro atoms. The molecular weight excluding hydrogens is 392 g/mol. The normalized spacial score (nSPS) is 11.6. The molecule has 0 saturated carbocycles. The topological polar surface area (TPSA) is 25.2 Å².